The van der Waals surface area contributed by atoms with Gasteiger partial charge in [0.05, 0.1) is 19.8 Å². The van der Waals surface area contributed by atoms with E-state index in [1.165, 1.54) is 38.5 Å². The van der Waals surface area contributed by atoms with Crippen molar-refractivity contribution in [1.29, 1.82) is 0 Å². The maximum atomic E-state index is 12.4. The highest BCUT2D eigenvalue weighted by Crippen LogP contribution is 2.43. The Morgan fingerprint density at radius 3 is 1.86 bits per heavy atom. The van der Waals surface area contributed by atoms with E-state index in [-0.39, 0.29) is 32.3 Å². The maximum absolute atomic E-state index is 12.4. The number of phosphoric ester groups is 1. The number of unbranched alkanes of at least 4 members (excludes halogenated alkanes) is 13. The lowest BCUT2D eigenvalue weighted by atomic mass is 10.1. The van der Waals surface area contributed by atoms with Crippen LogP contribution in [0.25, 0.3) is 0 Å². The Balaban J connectivity index is 4.16. The Labute approximate surface area is 263 Å². The number of ether oxygens (including phenoxy) is 2. The van der Waals surface area contributed by atoms with Crippen molar-refractivity contribution in [3.8, 4) is 0 Å². The van der Waals surface area contributed by atoms with E-state index >= 15 is 0 Å². The van der Waals surface area contributed by atoms with Crippen molar-refractivity contribution in [1.82, 2.24) is 0 Å². The zero-order valence-electron chi connectivity index (χ0n) is 27.4. The summed E-state index contributed by atoms with van der Waals surface area (Å²) < 4.78 is 33.1. The van der Waals surface area contributed by atoms with Crippen molar-refractivity contribution < 1.29 is 32.8 Å². The number of allylic oxidation sites excluding steroid dienone is 6. The van der Waals surface area contributed by atoms with Crippen LogP contribution in [0.5, 0.6) is 0 Å². The molecule has 0 aromatic carbocycles. The van der Waals surface area contributed by atoms with E-state index < -0.39 is 13.9 Å². The Hall–Kier alpha value is -1.28. The third kappa shape index (κ3) is 31.9. The molecule has 0 bridgehead atoms. The van der Waals surface area contributed by atoms with Crippen LogP contribution in [-0.2, 0) is 27.9 Å². The van der Waals surface area contributed by atoms with E-state index in [2.05, 4.69) is 50.3 Å². The van der Waals surface area contributed by atoms with Gasteiger partial charge in [-0.2, -0.15) is 0 Å². The van der Waals surface area contributed by atoms with Crippen LogP contribution in [0.4, 0.5) is 0 Å². The molecule has 2 atom stereocenters. The lowest BCUT2D eigenvalue weighted by Gasteiger charge is -2.20. The molecule has 0 fully saturated rings. The number of carbonyl (C=O) groups excluding carboxylic acids is 1. The van der Waals surface area contributed by atoms with Gasteiger partial charge in [0.2, 0.25) is 0 Å². The molecular weight excluding hydrogens is 565 g/mol. The summed E-state index contributed by atoms with van der Waals surface area (Å²) in [5.41, 5.74) is 5.33. The summed E-state index contributed by atoms with van der Waals surface area (Å²) in [5, 5.41) is 0. The molecule has 8 nitrogen and oxygen atoms in total. The number of hydrogen-bond acceptors (Lipinski definition) is 7. The Bertz CT molecular complexity index is 757. The second-order valence-electron chi connectivity index (χ2n) is 11.0. The molecule has 9 heteroatoms. The molecule has 43 heavy (non-hydrogen) atoms. The van der Waals surface area contributed by atoms with Gasteiger partial charge < -0.3 is 20.1 Å². The predicted molar refractivity (Wildman–Crippen MR) is 178 cm³/mol. The second-order valence-corrected chi connectivity index (χ2v) is 12.5. The minimum atomic E-state index is -4.27. The summed E-state index contributed by atoms with van der Waals surface area (Å²) in [4.78, 5) is 22.2. The number of hydrogen-bond donors (Lipinski definition) is 2. The van der Waals surface area contributed by atoms with Crippen LogP contribution in [0.1, 0.15) is 136 Å². The summed E-state index contributed by atoms with van der Waals surface area (Å²) in [7, 11) is -4.27. The van der Waals surface area contributed by atoms with E-state index in [0.717, 1.165) is 77.0 Å². The normalized spacial score (nSPS) is 14.2. The first-order valence-corrected chi connectivity index (χ1v) is 18.5. The average molecular weight is 630 g/mol. The molecule has 0 aromatic rings. The summed E-state index contributed by atoms with van der Waals surface area (Å²) >= 11 is 0. The van der Waals surface area contributed by atoms with E-state index in [0.29, 0.717) is 13.0 Å². The summed E-state index contributed by atoms with van der Waals surface area (Å²) in [6, 6.07) is 0. The highest BCUT2D eigenvalue weighted by Gasteiger charge is 2.25. The van der Waals surface area contributed by atoms with Crippen molar-refractivity contribution in [2.24, 2.45) is 5.73 Å². The largest absolute Gasteiger partial charge is 0.472 e. The first kappa shape index (κ1) is 41.7. The van der Waals surface area contributed by atoms with Gasteiger partial charge in [-0.05, 0) is 57.8 Å². The first-order chi connectivity index (χ1) is 20.9. The number of phosphoric acid groups is 1. The van der Waals surface area contributed by atoms with E-state index in [1.54, 1.807) is 0 Å². The van der Waals surface area contributed by atoms with Gasteiger partial charge in [-0.3, -0.25) is 13.8 Å². The SMILES string of the molecule is CCC/C=C\C/C=C\CCCCCCCCOCC(COP(=O)(O)OCCN)OC(=O)CCCCCCC/C=C\CCC. The van der Waals surface area contributed by atoms with Gasteiger partial charge in [-0.15, -0.1) is 0 Å². The van der Waals surface area contributed by atoms with Crippen molar-refractivity contribution >= 4 is 13.8 Å². The molecule has 0 heterocycles. The van der Waals surface area contributed by atoms with Crippen LogP contribution in [-0.4, -0.2) is 49.9 Å². The predicted octanol–water partition coefficient (Wildman–Crippen LogP) is 9.13. The summed E-state index contributed by atoms with van der Waals surface area (Å²) in [6.45, 7) is 4.73. The highest BCUT2D eigenvalue weighted by atomic mass is 31.2. The molecule has 0 aromatic heterocycles. The number of carbonyl (C=O) groups is 1. The molecular formula is C34H64NO7P. The first-order valence-electron chi connectivity index (χ1n) is 17.0. The average Bonchev–Trinajstić information content (AvgIpc) is 2.99. The molecule has 252 valence electrons. The fourth-order valence-corrected chi connectivity index (χ4v) is 5.03. The molecule has 0 aliphatic rings. The zero-order valence-corrected chi connectivity index (χ0v) is 28.3. The molecule has 3 N–H and O–H groups in total. The summed E-state index contributed by atoms with van der Waals surface area (Å²) in [6.07, 6.45) is 33.0. The van der Waals surface area contributed by atoms with Crippen LogP contribution in [0.3, 0.4) is 0 Å². The Morgan fingerprint density at radius 2 is 1.23 bits per heavy atom. The maximum Gasteiger partial charge on any atom is 0.472 e. The molecule has 0 saturated heterocycles. The molecule has 0 amide bonds. The lowest BCUT2D eigenvalue weighted by molar-refractivity contribution is -0.154. The quantitative estimate of drug-likeness (QED) is 0.0327. The summed E-state index contributed by atoms with van der Waals surface area (Å²) in [5.74, 6) is -0.349. The standard InChI is InChI=1S/C34H64NO7P/c1-3-5-7-9-11-13-15-16-17-18-20-22-24-26-29-39-31-33(32-41-43(37,38)40-30-28-35)42-34(36)27-25-23-21-19-14-12-10-8-6-4-2/h7-10,13,15,33H,3-6,11-12,14,16-32,35H2,1-2H3,(H,37,38)/b9-7-,10-8-,15-13-. The fraction of sp³-hybridized carbons (Fsp3) is 0.794. The minimum absolute atomic E-state index is 0.0963. The van der Waals surface area contributed by atoms with E-state index in [9.17, 15) is 14.3 Å². The van der Waals surface area contributed by atoms with Crippen LogP contribution < -0.4 is 5.73 Å². The third-order valence-electron chi connectivity index (χ3n) is 6.74. The van der Waals surface area contributed by atoms with Gasteiger partial charge in [0.1, 0.15) is 6.10 Å². The van der Waals surface area contributed by atoms with Crippen LogP contribution >= 0.6 is 7.82 Å². The molecule has 0 spiro atoms. The smallest absolute Gasteiger partial charge is 0.457 e. The van der Waals surface area contributed by atoms with Gasteiger partial charge in [0.15, 0.2) is 0 Å². The minimum Gasteiger partial charge on any atom is -0.457 e. The van der Waals surface area contributed by atoms with Crippen molar-refractivity contribution in [2.45, 2.75) is 142 Å². The number of esters is 1. The van der Waals surface area contributed by atoms with Crippen molar-refractivity contribution in [3.63, 3.8) is 0 Å². The van der Waals surface area contributed by atoms with Crippen molar-refractivity contribution in [3.05, 3.63) is 36.5 Å². The monoisotopic (exact) mass is 629 g/mol. The Morgan fingerprint density at radius 1 is 0.698 bits per heavy atom. The lowest BCUT2D eigenvalue weighted by Crippen LogP contribution is -2.28. The van der Waals surface area contributed by atoms with Crippen LogP contribution in [0, 0.1) is 0 Å². The number of rotatable bonds is 32. The molecule has 0 aliphatic carbocycles. The molecule has 2 unspecified atom stereocenters. The highest BCUT2D eigenvalue weighted by molar-refractivity contribution is 7.47. The van der Waals surface area contributed by atoms with Crippen LogP contribution in [0.15, 0.2) is 36.5 Å². The van der Waals surface area contributed by atoms with E-state index in [1.807, 2.05) is 0 Å². The van der Waals surface area contributed by atoms with Gasteiger partial charge in [0.25, 0.3) is 0 Å². The molecule has 0 saturated carbocycles. The zero-order chi connectivity index (χ0) is 31.7. The van der Waals surface area contributed by atoms with Gasteiger partial charge in [-0.25, -0.2) is 4.57 Å². The number of nitrogens with two attached hydrogens (primary N) is 1. The molecule has 0 rings (SSSR count). The van der Waals surface area contributed by atoms with E-state index in [4.69, 9.17) is 24.3 Å². The Kier molecular flexibility index (Phi) is 31.2. The fourth-order valence-electron chi connectivity index (χ4n) is 4.27. The van der Waals surface area contributed by atoms with Gasteiger partial charge in [-0.1, -0.05) is 108 Å². The third-order valence-corrected chi connectivity index (χ3v) is 7.73. The van der Waals surface area contributed by atoms with Crippen LogP contribution in [0.2, 0.25) is 0 Å². The van der Waals surface area contributed by atoms with Crippen molar-refractivity contribution in [2.75, 3.05) is 33.0 Å². The van der Waals surface area contributed by atoms with Gasteiger partial charge in [0, 0.05) is 19.6 Å². The van der Waals surface area contributed by atoms with Gasteiger partial charge >= 0.3 is 13.8 Å². The second kappa shape index (κ2) is 32.1. The molecule has 0 aliphatic heterocycles. The molecule has 0 radical (unpaired) electrons. The topological polar surface area (TPSA) is 117 Å².